The van der Waals surface area contributed by atoms with Crippen molar-refractivity contribution in [2.45, 2.75) is 23.9 Å². The average molecular weight is 453 g/mol. The summed E-state index contributed by atoms with van der Waals surface area (Å²) < 4.78 is 6.76. The predicted octanol–water partition coefficient (Wildman–Crippen LogP) is 4.81. The van der Waals surface area contributed by atoms with Crippen LogP contribution in [0.5, 0.6) is 0 Å². The first kappa shape index (κ1) is 21.1. The molecule has 9 heteroatoms. The third-order valence-corrected chi connectivity index (χ3v) is 6.80. The van der Waals surface area contributed by atoms with Gasteiger partial charge in [-0.05, 0) is 37.6 Å². The number of thioether (sulfide) groups is 1. The summed E-state index contributed by atoms with van der Waals surface area (Å²) >= 11 is 3.03. The molecule has 2 N–H and O–H groups in total. The van der Waals surface area contributed by atoms with Crippen LogP contribution in [0.3, 0.4) is 0 Å². The number of aromatic nitrogens is 2. The summed E-state index contributed by atoms with van der Waals surface area (Å²) in [6.45, 7) is 3.70. The predicted molar refractivity (Wildman–Crippen MR) is 123 cm³/mol. The lowest BCUT2D eigenvalue weighted by Crippen LogP contribution is -2.20. The Morgan fingerprint density at radius 3 is 2.61 bits per heavy atom. The van der Waals surface area contributed by atoms with Crippen LogP contribution in [0.1, 0.15) is 37.0 Å². The van der Waals surface area contributed by atoms with E-state index in [1.165, 1.54) is 23.1 Å². The molecule has 0 atom stereocenters. The maximum absolute atomic E-state index is 13.2. The number of aryl methyl sites for hydroxylation is 1. The Bertz CT molecular complexity index is 1280. The Hall–Kier alpha value is -3.17. The third kappa shape index (κ3) is 4.33. The van der Waals surface area contributed by atoms with E-state index in [0.717, 1.165) is 20.3 Å². The maximum Gasteiger partial charge on any atom is 0.291 e. The Labute approximate surface area is 187 Å². The van der Waals surface area contributed by atoms with Crippen LogP contribution in [0.15, 0.2) is 51.2 Å². The first-order valence-electron chi connectivity index (χ1n) is 9.54. The lowest BCUT2D eigenvalue weighted by molar-refractivity contribution is 0.0959. The molecule has 0 aliphatic rings. The van der Waals surface area contributed by atoms with Crippen molar-refractivity contribution in [2.24, 2.45) is 0 Å². The van der Waals surface area contributed by atoms with Gasteiger partial charge in [0.2, 0.25) is 0 Å². The second-order valence-corrected chi connectivity index (χ2v) is 9.20. The van der Waals surface area contributed by atoms with Crippen LogP contribution in [-0.4, -0.2) is 29.1 Å². The number of furan rings is 1. The second-order valence-electron chi connectivity index (χ2n) is 6.79. The maximum atomic E-state index is 13.2. The van der Waals surface area contributed by atoms with Crippen LogP contribution in [0, 0.1) is 13.8 Å². The van der Waals surface area contributed by atoms with Gasteiger partial charge in [0.05, 0.1) is 0 Å². The zero-order valence-electron chi connectivity index (χ0n) is 17.2. The molecule has 31 heavy (non-hydrogen) atoms. The lowest BCUT2D eigenvalue weighted by atomic mass is 10.1. The molecule has 0 unspecified atom stereocenters. The Morgan fingerprint density at radius 2 is 1.87 bits per heavy atom. The SMILES string of the molecule is CNC(=O)c1cccc(NC(=O)c2oc3ccccc3c2CSc2nnc(C)s2)c1C. The van der Waals surface area contributed by atoms with E-state index in [1.807, 2.05) is 31.2 Å². The molecule has 0 fully saturated rings. The van der Waals surface area contributed by atoms with Crippen LogP contribution in [0.2, 0.25) is 0 Å². The van der Waals surface area contributed by atoms with E-state index in [9.17, 15) is 9.59 Å². The number of amides is 2. The van der Waals surface area contributed by atoms with E-state index in [0.29, 0.717) is 28.2 Å². The summed E-state index contributed by atoms with van der Waals surface area (Å²) in [5.74, 6) is 0.199. The fraction of sp³-hybridized carbons (Fsp3) is 0.182. The molecule has 0 spiro atoms. The number of nitrogens with one attached hydrogen (secondary N) is 2. The summed E-state index contributed by atoms with van der Waals surface area (Å²) in [6.07, 6.45) is 0. The second kappa shape index (κ2) is 8.91. The highest BCUT2D eigenvalue weighted by Gasteiger charge is 2.22. The number of rotatable bonds is 6. The number of para-hydroxylation sites is 1. The minimum absolute atomic E-state index is 0.207. The van der Waals surface area contributed by atoms with Crippen molar-refractivity contribution < 1.29 is 14.0 Å². The first-order valence-corrected chi connectivity index (χ1v) is 11.3. The van der Waals surface area contributed by atoms with Crippen molar-refractivity contribution in [3.8, 4) is 0 Å². The molecule has 4 rings (SSSR count). The Morgan fingerprint density at radius 1 is 1.06 bits per heavy atom. The topological polar surface area (TPSA) is 97.1 Å². The van der Waals surface area contributed by atoms with Crippen molar-refractivity contribution in [3.05, 3.63) is 69.9 Å². The van der Waals surface area contributed by atoms with Crippen LogP contribution >= 0.6 is 23.1 Å². The molecule has 2 heterocycles. The molecule has 0 saturated carbocycles. The minimum atomic E-state index is -0.364. The van der Waals surface area contributed by atoms with Crippen LogP contribution in [0.4, 0.5) is 5.69 Å². The normalized spacial score (nSPS) is 10.9. The molecule has 7 nitrogen and oxygen atoms in total. The number of nitrogens with zero attached hydrogens (tertiary/aromatic N) is 2. The van der Waals surface area contributed by atoms with Gasteiger partial charge in [0, 0.05) is 35.0 Å². The van der Waals surface area contributed by atoms with Gasteiger partial charge in [-0.15, -0.1) is 10.2 Å². The summed E-state index contributed by atoms with van der Waals surface area (Å²) in [5, 5.41) is 15.5. The number of carbonyl (C=O) groups is 2. The largest absolute Gasteiger partial charge is 0.451 e. The molecule has 0 bridgehead atoms. The van der Waals surface area contributed by atoms with E-state index >= 15 is 0 Å². The molecule has 2 aromatic carbocycles. The van der Waals surface area contributed by atoms with E-state index in [-0.39, 0.29) is 17.6 Å². The average Bonchev–Trinajstić information content (AvgIpc) is 3.36. The zero-order chi connectivity index (χ0) is 22.0. The van der Waals surface area contributed by atoms with E-state index in [4.69, 9.17) is 4.42 Å². The number of anilines is 1. The van der Waals surface area contributed by atoms with E-state index < -0.39 is 0 Å². The van der Waals surface area contributed by atoms with Crippen LogP contribution in [-0.2, 0) is 5.75 Å². The van der Waals surface area contributed by atoms with Gasteiger partial charge in [-0.3, -0.25) is 9.59 Å². The standard InChI is InChI=1S/C22H20N4O3S2/c1-12-14(20(27)23-3)8-6-9-17(12)24-21(28)19-16(11-30-22-26-25-13(2)31-22)15-7-4-5-10-18(15)29-19/h4-10H,11H2,1-3H3,(H,23,27)(H,24,28). The van der Waals surface area contributed by atoms with Crippen LogP contribution < -0.4 is 10.6 Å². The molecule has 0 aliphatic carbocycles. The highest BCUT2D eigenvalue weighted by molar-refractivity contribution is 8.00. The van der Waals surface area contributed by atoms with Crippen molar-refractivity contribution >= 4 is 51.6 Å². The number of hydrogen-bond donors (Lipinski definition) is 2. The van der Waals surface area contributed by atoms with Gasteiger partial charge in [-0.1, -0.05) is 47.4 Å². The molecule has 158 valence electrons. The number of hydrogen-bond acceptors (Lipinski definition) is 7. The zero-order valence-corrected chi connectivity index (χ0v) is 18.8. The lowest BCUT2D eigenvalue weighted by Gasteiger charge is -2.11. The highest BCUT2D eigenvalue weighted by atomic mass is 32.2. The van der Waals surface area contributed by atoms with Gasteiger partial charge in [-0.25, -0.2) is 0 Å². The quantitative estimate of drug-likeness (QED) is 0.408. The van der Waals surface area contributed by atoms with Crippen molar-refractivity contribution in [1.29, 1.82) is 0 Å². The summed E-state index contributed by atoms with van der Waals surface area (Å²) in [6, 6.07) is 12.8. The molecule has 0 saturated heterocycles. The van der Waals surface area contributed by atoms with Crippen molar-refractivity contribution in [2.75, 3.05) is 12.4 Å². The van der Waals surface area contributed by atoms with E-state index in [2.05, 4.69) is 20.8 Å². The van der Waals surface area contributed by atoms with Gasteiger partial charge in [0.1, 0.15) is 10.6 Å². The van der Waals surface area contributed by atoms with Gasteiger partial charge in [0.25, 0.3) is 11.8 Å². The van der Waals surface area contributed by atoms with Gasteiger partial charge < -0.3 is 15.1 Å². The van der Waals surface area contributed by atoms with Gasteiger partial charge >= 0.3 is 0 Å². The van der Waals surface area contributed by atoms with Gasteiger partial charge in [-0.2, -0.15) is 0 Å². The highest BCUT2D eigenvalue weighted by Crippen LogP contribution is 2.33. The molecule has 0 radical (unpaired) electrons. The van der Waals surface area contributed by atoms with Crippen molar-refractivity contribution in [1.82, 2.24) is 15.5 Å². The Kier molecular flexibility index (Phi) is 6.06. The summed E-state index contributed by atoms with van der Waals surface area (Å²) in [4.78, 5) is 25.3. The first-order chi connectivity index (χ1) is 15.0. The monoisotopic (exact) mass is 452 g/mol. The number of carbonyl (C=O) groups excluding carboxylic acids is 2. The fourth-order valence-corrected chi connectivity index (χ4v) is 5.07. The molecule has 4 aromatic rings. The molecule has 2 aromatic heterocycles. The minimum Gasteiger partial charge on any atom is -0.451 e. The number of fused-ring (bicyclic) bond motifs is 1. The van der Waals surface area contributed by atoms with Crippen LogP contribution in [0.25, 0.3) is 11.0 Å². The summed E-state index contributed by atoms with van der Waals surface area (Å²) in [5.41, 5.74) is 3.20. The summed E-state index contributed by atoms with van der Waals surface area (Å²) in [7, 11) is 1.57. The smallest absolute Gasteiger partial charge is 0.291 e. The molecule has 2 amide bonds. The molecular weight excluding hydrogens is 432 g/mol. The van der Waals surface area contributed by atoms with Gasteiger partial charge in [0.15, 0.2) is 10.1 Å². The molecular formula is C22H20N4O3S2. The fourth-order valence-electron chi connectivity index (χ4n) is 3.23. The Balaban J connectivity index is 1.66. The van der Waals surface area contributed by atoms with Crippen molar-refractivity contribution in [3.63, 3.8) is 0 Å². The third-order valence-electron chi connectivity index (χ3n) is 4.81. The number of benzene rings is 2. The molecule has 0 aliphatic heterocycles. The van der Waals surface area contributed by atoms with E-state index in [1.54, 1.807) is 32.2 Å².